The second-order valence-electron chi connectivity index (χ2n) is 6.05. The number of benzene rings is 2. The van der Waals surface area contributed by atoms with Gasteiger partial charge in [-0.1, -0.05) is 39.7 Å². The number of carbonyl (C=O) groups is 1. The summed E-state index contributed by atoms with van der Waals surface area (Å²) in [7, 11) is 0. The van der Waals surface area contributed by atoms with E-state index in [1.807, 2.05) is 0 Å². The highest BCUT2D eigenvalue weighted by atomic mass is 79.9. The van der Waals surface area contributed by atoms with Gasteiger partial charge in [0.25, 0.3) is 0 Å². The van der Waals surface area contributed by atoms with E-state index in [1.165, 1.54) is 6.07 Å². The monoisotopic (exact) mass is 502 g/mol. The Bertz CT molecular complexity index is 944. The van der Waals surface area contributed by atoms with Crippen molar-refractivity contribution in [2.24, 2.45) is 0 Å². The maximum absolute atomic E-state index is 14.6. The van der Waals surface area contributed by atoms with E-state index in [0.717, 1.165) is 31.2 Å². The normalized spacial score (nSPS) is 14.1. The molecule has 10 heteroatoms. The average molecular weight is 504 g/mol. The van der Waals surface area contributed by atoms with Crippen LogP contribution in [0.1, 0.15) is 39.9 Å². The van der Waals surface area contributed by atoms with E-state index >= 15 is 0 Å². The van der Waals surface area contributed by atoms with Crippen LogP contribution in [0, 0.1) is 0 Å². The Labute approximate surface area is 174 Å². The number of ketones is 1. The Kier molecular flexibility index (Phi) is 6.84. The number of allylic oxidation sites excluding steroid dienone is 1. The largest absolute Gasteiger partial charge is 0.417 e. The average Bonchev–Trinajstić information content (AvgIpc) is 2.56. The van der Waals surface area contributed by atoms with Crippen molar-refractivity contribution in [1.82, 2.24) is 0 Å². The van der Waals surface area contributed by atoms with E-state index in [0.29, 0.717) is 6.07 Å². The van der Waals surface area contributed by atoms with Crippen molar-refractivity contribution in [2.45, 2.75) is 25.2 Å². The van der Waals surface area contributed by atoms with E-state index in [4.69, 9.17) is 11.6 Å². The molecule has 0 aliphatic carbocycles. The predicted octanol–water partition coefficient (Wildman–Crippen LogP) is 7.98. The molecule has 2 aromatic rings. The summed E-state index contributed by atoms with van der Waals surface area (Å²) in [5.74, 6) is -4.89. The molecule has 1 nitrogen and oxygen atoms in total. The first-order chi connectivity index (χ1) is 13.2. The summed E-state index contributed by atoms with van der Waals surface area (Å²) < 4.78 is 94.7. The molecule has 2 rings (SSSR count). The first kappa shape index (κ1) is 23.4. The summed E-state index contributed by atoms with van der Waals surface area (Å²) in [5.41, 5.74) is -3.28. The number of hydrogen-bond acceptors (Lipinski definition) is 1. The molecule has 29 heavy (non-hydrogen) atoms. The summed E-state index contributed by atoms with van der Waals surface area (Å²) in [6.45, 7) is 0.896. The molecule has 2 aromatic carbocycles. The standard InChI is InChI=1S/C19H11BrClF7O/c1-9(29)14-3-2-10(6-16(14)19(26,27)28)17(22)8-15(18(23,24)25)11-4-12(20)7-13(21)5-11/h2-8,15H,1H3/b17-8-. The van der Waals surface area contributed by atoms with Gasteiger partial charge >= 0.3 is 12.4 Å². The summed E-state index contributed by atoms with van der Waals surface area (Å²) in [5, 5.41) is -0.0393. The van der Waals surface area contributed by atoms with Crippen LogP contribution in [0.5, 0.6) is 0 Å². The zero-order chi connectivity index (χ0) is 22.1. The first-order valence-electron chi connectivity index (χ1n) is 7.82. The molecule has 1 atom stereocenters. The molecule has 0 fully saturated rings. The fourth-order valence-electron chi connectivity index (χ4n) is 2.61. The Morgan fingerprint density at radius 1 is 1.07 bits per heavy atom. The van der Waals surface area contributed by atoms with Crippen LogP contribution < -0.4 is 0 Å². The van der Waals surface area contributed by atoms with Crippen molar-refractivity contribution < 1.29 is 35.5 Å². The van der Waals surface area contributed by atoms with Crippen LogP contribution in [0.25, 0.3) is 5.83 Å². The number of Topliss-reactive ketones (excluding diaryl/α,β-unsaturated/α-hetero) is 1. The lowest BCUT2D eigenvalue weighted by molar-refractivity contribution is -0.140. The van der Waals surface area contributed by atoms with Crippen molar-refractivity contribution in [2.75, 3.05) is 0 Å². The lowest BCUT2D eigenvalue weighted by Crippen LogP contribution is -2.19. The van der Waals surface area contributed by atoms with Gasteiger partial charge < -0.3 is 0 Å². The topological polar surface area (TPSA) is 17.1 Å². The summed E-state index contributed by atoms with van der Waals surface area (Å²) in [6, 6.07) is 5.24. The Morgan fingerprint density at radius 2 is 1.69 bits per heavy atom. The second-order valence-corrected chi connectivity index (χ2v) is 7.40. The quantitative estimate of drug-likeness (QED) is 0.305. The fourth-order valence-corrected chi connectivity index (χ4v) is 3.50. The molecule has 0 saturated heterocycles. The minimum atomic E-state index is -4.99. The first-order valence-corrected chi connectivity index (χ1v) is 9.00. The highest BCUT2D eigenvalue weighted by molar-refractivity contribution is 9.10. The molecule has 0 aromatic heterocycles. The van der Waals surface area contributed by atoms with Crippen LogP contribution in [-0.2, 0) is 6.18 Å². The Morgan fingerprint density at radius 3 is 2.17 bits per heavy atom. The predicted molar refractivity (Wildman–Crippen MR) is 98.5 cm³/mol. The number of hydrogen-bond donors (Lipinski definition) is 0. The maximum atomic E-state index is 14.6. The molecule has 156 valence electrons. The minimum absolute atomic E-state index is 0.0393. The molecule has 0 bridgehead atoms. The highest BCUT2D eigenvalue weighted by Gasteiger charge is 2.40. The summed E-state index contributed by atoms with van der Waals surface area (Å²) >= 11 is 8.74. The van der Waals surface area contributed by atoms with E-state index in [1.54, 1.807) is 0 Å². The maximum Gasteiger partial charge on any atom is 0.417 e. The summed E-state index contributed by atoms with van der Waals surface area (Å²) in [4.78, 5) is 11.4. The van der Waals surface area contributed by atoms with Gasteiger partial charge in [-0.25, -0.2) is 4.39 Å². The molecule has 0 spiro atoms. The molecule has 0 aliphatic rings. The van der Waals surface area contributed by atoms with E-state index in [2.05, 4.69) is 15.9 Å². The van der Waals surface area contributed by atoms with Gasteiger partial charge in [0.2, 0.25) is 0 Å². The zero-order valence-corrected chi connectivity index (χ0v) is 16.8. The SMILES string of the molecule is CC(=O)c1ccc(/C(F)=C/C(c2cc(Cl)cc(Br)c2)C(F)(F)F)cc1C(F)(F)F. The highest BCUT2D eigenvalue weighted by Crippen LogP contribution is 2.41. The van der Waals surface area contributed by atoms with E-state index < -0.39 is 52.1 Å². The molecule has 0 radical (unpaired) electrons. The Hall–Kier alpha value is -1.87. The molecule has 0 N–H and O–H groups in total. The van der Waals surface area contributed by atoms with Crippen LogP contribution in [0.15, 0.2) is 46.9 Å². The van der Waals surface area contributed by atoms with Crippen molar-refractivity contribution in [1.29, 1.82) is 0 Å². The lowest BCUT2D eigenvalue weighted by Gasteiger charge is -2.19. The van der Waals surface area contributed by atoms with Gasteiger partial charge in [0.15, 0.2) is 5.78 Å². The lowest BCUT2D eigenvalue weighted by atomic mass is 9.95. The molecular weight excluding hydrogens is 493 g/mol. The molecular formula is C19H11BrClF7O. The molecule has 0 aliphatic heterocycles. The van der Waals surface area contributed by atoms with Crippen molar-refractivity contribution in [3.05, 3.63) is 74.2 Å². The molecule has 0 saturated carbocycles. The number of carbonyl (C=O) groups excluding carboxylic acids is 1. The van der Waals surface area contributed by atoms with Crippen LogP contribution in [0.4, 0.5) is 30.7 Å². The van der Waals surface area contributed by atoms with Crippen LogP contribution in [0.3, 0.4) is 0 Å². The summed E-state index contributed by atoms with van der Waals surface area (Å²) in [6.07, 6.45) is -9.76. The molecule has 1 unspecified atom stereocenters. The van der Waals surface area contributed by atoms with Crippen LogP contribution in [-0.4, -0.2) is 12.0 Å². The Balaban J connectivity index is 2.60. The zero-order valence-electron chi connectivity index (χ0n) is 14.4. The number of alkyl halides is 6. The van der Waals surface area contributed by atoms with Gasteiger partial charge in [-0.05, 0) is 42.8 Å². The van der Waals surface area contributed by atoms with Gasteiger partial charge in [0, 0.05) is 20.6 Å². The van der Waals surface area contributed by atoms with Crippen molar-refractivity contribution >= 4 is 39.1 Å². The van der Waals surface area contributed by atoms with Crippen LogP contribution >= 0.6 is 27.5 Å². The van der Waals surface area contributed by atoms with Gasteiger partial charge in [-0.15, -0.1) is 0 Å². The smallest absolute Gasteiger partial charge is 0.294 e. The number of halogens is 9. The third-order valence-corrected chi connectivity index (χ3v) is 4.57. The molecule has 0 amide bonds. The fraction of sp³-hybridized carbons (Fsp3) is 0.211. The van der Waals surface area contributed by atoms with Crippen molar-refractivity contribution in [3.63, 3.8) is 0 Å². The van der Waals surface area contributed by atoms with Gasteiger partial charge in [-0.2, -0.15) is 26.3 Å². The number of rotatable bonds is 4. The van der Waals surface area contributed by atoms with E-state index in [9.17, 15) is 35.5 Å². The van der Waals surface area contributed by atoms with Crippen LogP contribution in [0.2, 0.25) is 5.02 Å². The van der Waals surface area contributed by atoms with Gasteiger partial charge in [0.1, 0.15) is 11.7 Å². The molecule has 0 heterocycles. The second kappa shape index (κ2) is 8.47. The van der Waals surface area contributed by atoms with E-state index in [-0.39, 0.29) is 15.6 Å². The third-order valence-electron chi connectivity index (χ3n) is 3.89. The van der Waals surface area contributed by atoms with Gasteiger partial charge in [-0.3, -0.25) is 4.79 Å². The van der Waals surface area contributed by atoms with Gasteiger partial charge in [0.05, 0.1) is 5.56 Å². The third kappa shape index (κ3) is 5.82. The van der Waals surface area contributed by atoms with Crippen molar-refractivity contribution in [3.8, 4) is 0 Å². The minimum Gasteiger partial charge on any atom is -0.294 e.